The number of imidazole rings is 1. The molecule has 3 nitrogen and oxygen atoms in total. The molecule has 1 aromatic heterocycles. The van der Waals surface area contributed by atoms with Gasteiger partial charge in [-0.15, -0.1) is 0 Å². The normalized spacial score (nSPS) is 10.9. The van der Waals surface area contributed by atoms with Crippen molar-refractivity contribution in [1.29, 1.82) is 0 Å². The predicted octanol–water partition coefficient (Wildman–Crippen LogP) is 3.91. The van der Waals surface area contributed by atoms with Crippen molar-refractivity contribution in [3.8, 4) is 17.1 Å². The van der Waals surface area contributed by atoms with Gasteiger partial charge in [0.1, 0.15) is 22.9 Å². The molecule has 20 heavy (non-hydrogen) atoms. The lowest BCUT2D eigenvalue weighted by Crippen LogP contribution is -1.90. The van der Waals surface area contributed by atoms with Crippen molar-refractivity contribution < 1.29 is 13.5 Å². The van der Waals surface area contributed by atoms with E-state index in [1.165, 1.54) is 6.07 Å². The Hall–Kier alpha value is -2.43. The first-order valence-corrected chi connectivity index (χ1v) is 6.25. The fourth-order valence-electron chi connectivity index (χ4n) is 2.05. The van der Waals surface area contributed by atoms with Gasteiger partial charge in [-0.05, 0) is 37.3 Å². The number of halogens is 2. The van der Waals surface area contributed by atoms with Crippen molar-refractivity contribution in [2.75, 3.05) is 6.61 Å². The number of nitrogens with one attached hydrogen (secondary N) is 1. The highest BCUT2D eigenvalue weighted by molar-refractivity contribution is 5.80. The van der Waals surface area contributed by atoms with Crippen LogP contribution in [-0.2, 0) is 0 Å². The van der Waals surface area contributed by atoms with Crippen LogP contribution in [-0.4, -0.2) is 16.6 Å². The van der Waals surface area contributed by atoms with Gasteiger partial charge in [-0.1, -0.05) is 0 Å². The predicted molar refractivity (Wildman–Crippen MR) is 72.6 cm³/mol. The molecular formula is C15H12F2N2O. The van der Waals surface area contributed by atoms with E-state index in [1.54, 1.807) is 0 Å². The largest absolute Gasteiger partial charge is 0.494 e. The minimum atomic E-state index is -0.673. The molecule has 0 radical (unpaired) electrons. The van der Waals surface area contributed by atoms with E-state index in [4.69, 9.17) is 4.74 Å². The van der Waals surface area contributed by atoms with E-state index in [2.05, 4.69) is 9.97 Å². The Morgan fingerprint density at radius 1 is 1.15 bits per heavy atom. The maximum atomic E-state index is 13.6. The summed E-state index contributed by atoms with van der Waals surface area (Å²) >= 11 is 0. The third-order valence-electron chi connectivity index (χ3n) is 2.94. The van der Waals surface area contributed by atoms with Crippen molar-refractivity contribution in [3.63, 3.8) is 0 Å². The van der Waals surface area contributed by atoms with Crippen LogP contribution < -0.4 is 4.74 Å². The van der Waals surface area contributed by atoms with Gasteiger partial charge in [0.25, 0.3) is 0 Å². The topological polar surface area (TPSA) is 37.9 Å². The summed E-state index contributed by atoms with van der Waals surface area (Å²) in [6.07, 6.45) is 0. The van der Waals surface area contributed by atoms with Gasteiger partial charge in [-0.3, -0.25) is 0 Å². The fourth-order valence-corrected chi connectivity index (χ4v) is 2.05. The number of hydrogen-bond acceptors (Lipinski definition) is 2. The molecule has 1 N–H and O–H groups in total. The SMILES string of the molecule is CCOc1ccc(-c2nc3c(F)cc(F)cc3[nH]2)cc1. The van der Waals surface area contributed by atoms with E-state index in [0.717, 1.165) is 17.4 Å². The van der Waals surface area contributed by atoms with E-state index < -0.39 is 11.6 Å². The van der Waals surface area contributed by atoms with Gasteiger partial charge >= 0.3 is 0 Å². The molecular weight excluding hydrogens is 262 g/mol. The number of benzene rings is 2. The highest BCUT2D eigenvalue weighted by atomic mass is 19.1. The minimum absolute atomic E-state index is 0.135. The second-order valence-electron chi connectivity index (χ2n) is 4.33. The van der Waals surface area contributed by atoms with Gasteiger partial charge in [0.15, 0.2) is 5.82 Å². The molecule has 0 aliphatic carbocycles. The van der Waals surface area contributed by atoms with Crippen molar-refractivity contribution in [2.45, 2.75) is 6.92 Å². The van der Waals surface area contributed by atoms with Crippen molar-refractivity contribution in [3.05, 3.63) is 48.0 Å². The highest BCUT2D eigenvalue weighted by Gasteiger charge is 2.11. The van der Waals surface area contributed by atoms with Crippen molar-refractivity contribution >= 4 is 11.0 Å². The molecule has 0 unspecified atom stereocenters. The number of rotatable bonds is 3. The summed E-state index contributed by atoms with van der Waals surface area (Å²) in [5, 5.41) is 0. The molecule has 0 atom stereocenters. The van der Waals surface area contributed by atoms with Gasteiger partial charge in [-0.25, -0.2) is 13.8 Å². The quantitative estimate of drug-likeness (QED) is 0.786. The molecule has 0 fully saturated rings. The third kappa shape index (κ3) is 2.22. The van der Waals surface area contributed by atoms with Gasteiger partial charge in [0, 0.05) is 11.6 Å². The minimum Gasteiger partial charge on any atom is -0.494 e. The van der Waals surface area contributed by atoms with Crippen LogP contribution in [0.3, 0.4) is 0 Å². The molecule has 0 aliphatic heterocycles. The maximum Gasteiger partial charge on any atom is 0.153 e. The standard InChI is InChI=1S/C15H12F2N2O/c1-2-20-11-5-3-9(4-6-11)15-18-13-8-10(16)7-12(17)14(13)19-15/h3-8H,2H2,1H3,(H,18,19). The lowest BCUT2D eigenvalue weighted by molar-refractivity contribution is 0.340. The third-order valence-corrected chi connectivity index (χ3v) is 2.94. The van der Waals surface area contributed by atoms with Crippen LogP contribution in [0.4, 0.5) is 8.78 Å². The lowest BCUT2D eigenvalue weighted by atomic mass is 10.2. The van der Waals surface area contributed by atoms with Gasteiger partial charge in [0.05, 0.1) is 12.1 Å². The second kappa shape index (κ2) is 4.92. The Morgan fingerprint density at radius 3 is 2.60 bits per heavy atom. The Morgan fingerprint density at radius 2 is 1.90 bits per heavy atom. The van der Waals surface area contributed by atoms with E-state index in [1.807, 2.05) is 31.2 Å². The number of ether oxygens (including phenoxy) is 1. The molecule has 102 valence electrons. The number of aromatic nitrogens is 2. The zero-order valence-corrected chi connectivity index (χ0v) is 10.8. The van der Waals surface area contributed by atoms with Gasteiger partial charge in [0.2, 0.25) is 0 Å². The van der Waals surface area contributed by atoms with Crippen LogP contribution in [0.25, 0.3) is 22.4 Å². The summed E-state index contributed by atoms with van der Waals surface area (Å²) in [5.41, 5.74) is 1.26. The molecule has 1 heterocycles. The van der Waals surface area contributed by atoms with Gasteiger partial charge in [-0.2, -0.15) is 0 Å². The van der Waals surface area contributed by atoms with Crippen LogP contribution in [0.5, 0.6) is 5.75 Å². The van der Waals surface area contributed by atoms with Gasteiger partial charge < -0.3 is 9.72 Å². The van der Waals surface area contributed by atoms with E-state index in [0.29, 0.717) is 17.9 Å². The molecule has 0 spiro atoms. The summed E-state index contributed by atoms with van der Waals surface area (Å²) in [6.45, 7) is 2.50. The molecule has 3 rings (SSSR count). The summed E-state index contributed by atoms with van der Waals surface area (Å²) in [5.74, 6) is -0.0533. The van der Waals surface area contributed by atoms with Crippen LogP contribution in [0, 0.1) is 11.6 Å². The van der Waals surface area contributed by atoms with E-state index in [-0.39, 0.29) is 5.52 Å². The van der Waals surface area contributed by atoms with Crippen LogP contribution in [0.15, 0.2) is 36.4 Å². The molecule has 0 saturated carbocycles. The monoisotopic (exact) mass is 274 g/mol. The van der Waals surface area contributed by atoms with Crippen molar-refractivity contribution in [1.82, 2.24) is 9.97 Å². The molecule has 2 aromatic carbocycles. The van der Waals surface area contributed by atoms with E-state index >= 15 is 0 Å². The van der Waals surface area contributed by atoms with E-state index in [9.17, 15) is 8.78 Å². The first kappa shape index (κ1) is 12.6. The number of H-pyrrole nitrogens is 1. The zero-order chi connectivity index (χ0) is 14.1. The summed E-state index contributed by atoms with van der Waals surface area (Å²) in [6, 6.07) is 9.30. The van der Waals surface area contributed by atoms with Crippen LogP contribution >= 0.6 is 0 Å². The molecule has 3 aromatic rings. The number of nitrogens with zero attached hydrogens (tertiary/aromatic N) is 1. The number of hydrogen-bond donors (Lipinski definition) is 1. The second-order valence-corrected chi connectivity index (χ2v) is 4.33. The zero-order valence-electron chi connectivity index (χ0n) is 10.8. The number of fused-ring (bicyclic) bond motifs is 1. The average molecular weight is 274 g/mol. The molecule has 0 saturated heterocycles. The highest BCUT2D eigenvalue weighted by Crippen LogP contribution is 2.24. The van der Waals surface area contributed by atoms with Crippen LogP contribution in [0.1, 0.15) is 6.92 Å². The first-order chi connectivity index (χ1) is 9.67. The molecule has 0 aliphatic rings. The molecule has 5 heteroatoms. The average Bonchev–Trinajstić information content (AvgIpc) is 2.84. The smallest absolute Gasteiger partial charge is 0.153 e. The Bertz CT molecular complexity index is 750. The molecule has 0 amide bonds. The fraction of sp³-hybridized carbons (Fsp3) is 0.133. The Kier molecular flexibility index (Phi) is 3.10. The summed E-state index contributed by atoms with van der Waals surface area (Å²) in [4.78, 5) is 7.07. The maximum absolute atomic E-state index is 13.6. The number of aromatic amines is 1. The Balaban J connectivity index is 2.03. The first-order valence-electron chi connectivity index (χ1n) is 6.25. The molecule has 0 bridgehead atoms. The Labute approximate surface area is 114 Å². The lowest BCUT2D eigenvalue weighted by Gasteiger charge is -2.02. The van der Waals surface area contributed by atoms with Crippen molar-refractivity contribution in [2.24, 2.45) is 0 Å². The summed E-state index contributed by atoms with van der Waals surface area (Å²) in [7, 11) is 0. The summed E-state index contributed by atoms with van der Waals surface area (Å²) < 4.78 is 32.1. The van der Waals surface area contributed by atoms with Crippen LogP contribution in [0.2, 0.25) is 0 Å².